The maximum absolute atomic E-state index is 12.0. The second-order valence-corrected chi connectivity index (χ2v) is 4.11. The Balaban J connectivity index is 2.08. The van der Waals surface area contributed by atoms with E-state index in [1.54, 1.807) is 19.2 Å². The molecule has 19 heavy (non-hydrogen) atoms. The lowest BCUT2D eigenvalue weighted by Gasteiger charge is -2.13. The van der Waals surface area contributed by atoms with Crippen molar-refractivity contribution in [3.63, 3.8) is 0 Å². The molecule has 98 valence electrons. The molecule has 2 aromatic rings. The summed E-state index contributed by atoms with van der Waals surface area (Å²) < 4.78 is 5.10. The Hall–Kier alpha value is -2.33. The van der Waals surface area contributed by atoms with Crippen LogP contribution in [0.25, 0.3) is 0 Å². The lowest BCUT2D eigenvalue weighted by molar-refractivity contribution is -0.117. The second kappa shape index (κ2) is 6.02. The molecule has 4 heteroatoms. The number of ether oxygens (including phenoxy) is 1. The van der Waals surface area contributed by atoms with E-state index in [1.807, 2.05) is 42.5 Å². The van der Waals surface area contributed by atoms with Gasteiger partial charge in [-0.1, -0.05) is 36.4 Å². The van der Waals surface area contributed by atoms with Crippen LogP contribution in [0.3, 0.4) is 0 Å². The van der Waals surface area contributed by atoms with E-state index in [2.05, 4.69) is 5.32 Å². The zero-order chi connectivity index (χ0) is 13.7. The molecule has 0 radical (unpaired) electrons. The van der Waals surface area contributed by atoms with E-state index in [4.69, 9.17) is 10.5 Å². The van der Waals surface area contributed by atoms with Gasteiger partial charge in [0.05, 0.1) is 7.11 Å². The number of hydrogen-bond acceptors (Lipinski definition) is 3. The summed E-state index contributed by atoms with van der Waals surface area (Å²) in [6, 6.07) is 15.7. The minimum Gasteiger partial charge on any atom is -0.497 e. The molecule has 0 saturated heterocycles. The van der Waals surface area contributed by atoms with Crippen LogP contribution in [-0.4, -0.2) is 13.0 Å². The Morgan fingerprint density at radius 1 is 1.16 bits per heavy atom. The molecule has 0 fully saturated rings. The molecule has 2 aromatic carbocycles. The summed E-state index contributed by atoms with van der Waals surface area (Å²) >= 11 is 0. The van der Waals surface area contributed by atoms with E-state index in [-0.39, 0.29) is 5.91 Å². The number of hydrogen-bond donors (Lipinski definition) is 2. The van der Waals surface area contributed by atoms with Crippen molar-refractivity contribution in [2.45, 2.75) is 6.04 Å². The van der Waals surface area contributed by atoms with E-state index in [1.165, 1.54) is 0 Å². The highest BCUT2D eigenvalue weighted by atomic mass is 16.5. The van der Waals surface area contributed by atoms with Gasteiger partial charge in [-0.25, -0.2) is 0 Å². The van der Waals surface area contributed by atoms with Crippen molar-refractivity contribution in [1.29, 1.82) is 0 Å². The van der Waals surface area contributed by atoms with E-state index in [0.29, 0.717) is 11.4 Å². The fraction of sp³-hybridized carbons (Fsp3) is 0.133. The molecule has 4 nitrogen and oxygen atoms in total. The van der Waals surface area contributed by atoms with Crippen molar-refractivity contribution in [1.82, 2.24) is 0 Å². The van der Waals surface area contributed by atoms with Crippen LogP contribution >= 0.6 is 0 Å². The average Bonchev–Trinajstić information content (AvgIpc) is 2.47. The Morgan fingerprint density at radius 2 is 1.89 bits per heavy atom. The maximum atomic E-state index is 12.0. The Bertz CT molecular complexity index is 555. The number of nitrogens with one attached hydrogen (secondary N) is 1. The van der Waals surface area contributed by atoms with Gasteiger partial charge in [0.1, 0.15) is 11.8 Å². The third kappa shape index (κ3) is 3.33. The van der Waals surface area contributed by atoms with Gasteiger partial charge in [0.15, 0.2) is 0 Å². The molecule has 0 aliphatic rings. The minimum absolute atomic E-state index is 0.251. The smallest absolute Gasteiger partial charge is 0.245 e. The van der Waals surface area contributed by atoms with E-state index < -0.39 is 6.04 Å². The molecule has 0 unspecified atom stereocenters. The first kappa shape index (κ1) is 13.1. The summed E-state index contributed by atoms with van der Waals surface area (Å²) in [6.07, 6.45) is 0. The van der Waals surface area contributed by atoms with Crippen molar-refractivity contribution in [3.05, 3.63) is 60.2 Å². The third-order valence-electron chi connectivity index (χ3n) is 2.78. The predicted molar refractivity (Wildman–Crippen MR) is 75.0 cm³/mol. The van der Waals surface area contributed by atoms with Gasteiger partial charge in [-0.3, -0.25) is 4.79 Å². The van der Waals surface area contributed by atoms with Crippen LogP contribution in [0.2, 0.25) is 0 Å². The van der Waals surface area contributed by atoms with Gasteiger partial charge in [0, 0.05) is 11.8 Å². The molecule has 0 spiro atoms. The fourth-order valence-electron chi connectivity index (χ4n) is 1.73. The van der Waals surface area contributed by atoms with Crippen molar-refractivity contribution in [3.8, 4) is 5.75 Å². The summed E-state index contributed by atoms with van der Waals surface area (Å²) in [4.78, 5) is 12.0. The molecule has 2 rings (SSSR count). The molecule has 0 bridgehead atoms. The Morgan fingerprint density at radius 3 is 2.58 bits per heavy atom. The number of anilines is 1. The van der Waals surface area contributed by atoms with Crippen molar-refractivity contribution in [2.24, 2.45) is 5.73 Å². The van der Waals surface area contributed by atoms with E-state index >= 15 is 0 Å². The number of carbonyl (C=O) groups excluding carboxylic acids is 1. The summed E-state index contributed by atoms with van der Waals surface area (Å²) in [5.41, 5.74) is 7.36. The molecule has 0 heterocycles. The van der Waals surface area contributed by atoms with Gasteiger partial charge < -0.3 is 15.8 Å². The van der Waals surface area contributed by atoms with Gasteiger partial charge in [0.2, 0.25) is 5.91 Å². The average molecular weight is 256 g/mol. The summed E-state index contributed by atoms with van der Waals surface area (Å²) in [5, 5.41) is 2.77. The molecule has 0 saturated carbocycles. The summed E-state index contributed by atoms with van der Waals surface area (Å²) in [6.45, 7) is 0. The number of rotatable bonds is 4. The maximum Gasteiger partial charge on any atom is 0.245 e. The first-order valence-corrected chi connectivity index (χ1v) is 5.96. The van der Waals surface area contributed by atoms with Gasteiger partial charge in [-0.2, -0.15) is 0 Å². The quantitative estimate of drug-likeness (QED) is 0.882. The topological polar surface area (TPSA) is 64.3 Å². The molecule has 1 amide bonds. The number of methoxy groups -OCH3 is 1. The molecule has 0 aromatic heterocycles. The zero-order valence-corrected chi connectivity index (χ0v) is 10.7. The minimum atomic E-state index is -0.688. The number of nitrogens with two attached hydrogens (primary N) is 1. The lowest BCUT2D eigenvalue weighted by Crippen LogP contribution is -2.27. The second-order valence-electron chi connectivity index (χ2n) is 4.11. The van der Waals surface area contributed by atoms with Gasteiger partial charge in [0.25, 0.3) is 0 Å². The monoisotopic (exact) mass is 256 g/mol. The largest absolute Gasteiger partial charge is 0.497 e. The van der Waals surface area contributed by atoms with Crippen LogP contribution in [0.5, 0.6) is 5.75 Å². The normalized spacial score (nSPS) is 11.7. The predicted octanol–water partition coefficient (Wildman–Crippen LogP) is 2.33. The number of amides is 1. The standard InChI is InChI=1S/C15H16N2O2/c1-19-13-9-5-8-12(10-13)17-15(18)14(16)11-6-3-2-4-7-11/h2-10,14H,16H2,1H3,(H,17,18)/t14-/m0/s1. The number of benzene rings is 2. The molecule has 0 aliphatic heterocycles. The van der Waals surface area contributed by atoms with Crippen LogP contribution in [0.15, 0.2) is 54.6 Å². The molecule has 0 aliphatic carbocycles. The molecule has 3 N–H and O–H groups in total. The zero-order valence-electron chi connectivity index (χ0n) is 10.7. The number of carbonyl (C=O) groups is 1. The van der Waals surface area contributed by atoms with Crippen molar-refractivity contribution < 1.29 is 9.53 Å². The Kier molecular flexibility index (Phi) is 4.15. The molecule has 1 atom stereocenters. The van der Waals surface area contributed by atoms with Crippen LogP contribution in [-0.2, 0) is 4.79 Å². The van der Waals surface area contributed by atoms with Crippen LogP contribution in [0.1, 0.15) is 11.6 Å². The van der Waals surface area contributed by atoms with Crippen LogP contribution in [0, 0.1) is 0 Å². The van der Waals surface area contributed by atoms with E-state index in [0.717, 1.165) is 5.56 Å². The van der Waals surface area contributed by atoms with Crippen LogP contribution < -0.4 is 15.8 Å². The van der Waals surface area contributed by atoms with Gasteiger partial charge in [-0.15, -0.1) is 0 Å². The van der Waals surface area contributed by atoms with E-state index in [9.17, 15) is 4.79 Å². The highest BCUT2D eigenvalue weighted by Crippen LogP contribution is 2.18. The first-order valence-electron chi connectivity index (χ1n) is 5.96. The molecular formula is C15H16N2O2. The van der Waals surface area contributed by atoms with Gasteiger partial charge in [-0.05, 0) is 17.7 Å². The van der Waals surface area contributed by atoms with Gasteiger partial charge >= 0.3 is 0 Å². The Labute approximate surface area is 112 Å². The summed E-state index contributed by atoms with van der Waals surface area (Å²) in [7, 11) is 1.58. The first-order chi connectivity index (χ1) is 9.20. The van der Waals surface area contributed by atoms with Crippen molar-refractivity contribution in [2.75, 3.05) is 12.4 Å². The SMILES string of the molecule is COc1cccc(NC(=O)[C@@H](N)c2ccccc2)c1. The van der Waals surface area contributed by atoms with Crippen molar-refractivity contribution >= 4 is 11.6 Å². The lowest BCUT2D eigenvalue weighted by atomic mass is 10.1. The third-order valence-corrected chi connectivity index (χ3v) is 2.78. The highest BCUT2D eigenvalue weighted by molar-refractivity contribution is 5.95. The highest BCUT2D eigenvalue weighted by Gasteiger charge is 2.15. The summed E-state index contributed by atoms with van der Waals surface area (Å²) in [5.74, 6) is 0.436. The van der Waals surface area contributed by atoms with Crippen LogP contribution in [0.4, 0.5) is 5.69 Å². The molecular weight excluding hydrogens is 240 g/mol. The fourth-order valence-corrected chi connectivity index (χ4v) is 1.73.